The van der Waals surface area contributed by atoms with Crippen LogP contribution in [-0.2, 0) is 17.8 Å². The Morgan fingerprint density at radius 2 is 2.28 bits per heavy atom. The quantitative estimate of drug-likeness (QED) is 0.881. The molecule has 1 aliphatic carbocycles. The van der Waals surface area contributed by atoms with Crippen LogP contribution in [0.25, 0.3) is 16.5 Å². The number of ketones is 1. The normalized spacial score (nSPS) is 24.9. The molecule has 0 fully saturated rings. The van der Waals surface area contributed by atoms with E-state index in [0.717, 1.165) is 19.4 Å². The fraction of sp³-hybridized carbons (Fsp3) is 0.476. The molecule has 25 heavy (non-hydrogen) atoms. The molecule has 1 aromatic heterocycles. The number of benzene rings is 1. The Morgan fingerprint density at radius 3 is 3.08 bits per heavy atom. The van der Waals surface area contributed by atoms with E-state index in [-0.39, 0.29) is 6.04 Å². The lowest BCUT2D eigenvalue weighted by atomic mass is 9.80. The zero-order valence-electron chi connectivity index (χ0n) is 15.0. The highest BCUT2D eigenvalue weighted by atomic mass is 16.3. The molecular weight excluding hydrogens is 312 g/mol. The molecule has 2 atom stereocenters. The molecule has 0 spiro atoms. The Morgan fingerprint density at radius 1 is 1.44 bits per heavy atom. The molecule has 0 bridgehead atoms. The summed E-state index contributed by atoms with van der Waals surface area (Å²) in [7, 11) is 0. The highest BCUT2D eigenvalue weighted by Crippen LogP contribution is 2.39. The van der Waals surface area contributed by atoms with Crippen molar-refractivity contribution in [2.75, 3.05) is 6.54 Å². The standard InChI is InChI=1S/C21H26N2O2/c1-3-15(24)6-5-9-23-12-14-10-18-17(11-21(2,25)13-22-18)16-7-4-8-19(23)20(14)16/h4,7-8,11-12,18,22,25H,3,5-6,9-10,13H2,1-2H3/t18-,21+/m1/s1. The average molecular weight is 338 g/mol. The minimum atomic E-state index is -0.797. The fourth-order valence-electron chi connectivity index (χ4n) is 4.24. The van der Waals surface area contributed by atoms with Crippen LogP contribution in [0.3, 0.4) is 0 Å². The predicted molar refractivity (Wildman–Crippen MR) is 101 cm³/mol. The van der Waals surface area contributed by atoms with Crippen molar-refractivity contribution in [1.29, 1.82) is 0 Å². The molecule has 0 saturated carbocycles. The molecule has 4 heteroatoms. The number of aromatic nitrogens is 1. The number of carbonyl (C=O) groups is 1. The summed E-state index contributed by atoms with van der Waals surface area (Å²) in [4.78, 5) is 11.6. The van der Waals surface area contributed by atoms with Gasteiger partial charge in [-0.25, -0.2) is 0 Å². The summed E-state index contributed by atoms with van der Waals surface area (Å²) < 4.78 is 2.30. The van der Waals surface area contributed by atoms with Crippen molar-refractivity contribution in [3.63, 3.8) is 0 Å². The third kappa shape index (κ3) is 2.94. The van der Waals surface area contributed by atoms with Crippen LogP contribution in [0.1, 0.15) is 44.2 Å². The van der Waals surface area contributed by atoms with Crippen molar-refractivity contribution in [1.82, 2.24) is 9.88 Å². The summed E-state index contributed by atoms with van der Waals surface area (Å²) >= 11 is 0. The van der Waals surface area contributed by atoms with Gasteiger partial charge in [0.25, 0.3) is 0 Å². The Bertz CT molecular complexity index is 860. The van der Waals surface area contributed by atoms with Gasteiger partial charge in [0.15, 0.2) is 0 Å². The van der Waals surface area contributed by atoms with Crippen LogP contribution in [0.15, 0.2) is 30.5 Å². The molecule has 2 aromatic rings. The van der Waals surface area contributed by atoms with Gasteiger partial charge in [-0.2, -0.15) is 0 Å². The molecule has 2 heterocycles. The van der Waals surface area contributed by atoms with Crippen molar-refractivity contribution in [3.05, 3.63) is 41.6 Å². The van der Waals surface area contributed by atoms with Crippen LogP contribution in [0.2, 0.25) is 0 Å². The van der Waals surface area contributed by atoms with E-state index in [0.29, 0.717) is 25.2 Å². The minimum absolute atomic E-state index is 0.274. The topological polar surface area (TPSA) is 54.3 Å². The van der Waals surface area contributed by atoms with E-state index in [1.807, 2.05) is 19.9 Å². The van der Waals surface area contributed by atoms with Crippen molar-refractivity contribution in [2.45, 2.75) is 57.7 Å². The first-order chi connectivity index (χ1) is 12.0. The molecule has 0 radical (unpaired) electrons. The largest absolute Gasteiger partial charge is 0.385 e. The zero-order chi connectivity index (χ0) is 17.6. The maximum Gasteiger partial charge on any atom is 0.132 e. The maximum atomic E-state index is 11.6. The highest BCUT2D eigenvalue weighted by molar-refractivity contribution is 5.99. The summed E-state index contributed by atoms with van der Waals surface area (Å²) in [5, 5.41) is 15.2. The third-order valence-corrected chi connectivity index (χ3v) is 5.52. The Balaban J connectivity index is 1.72. The van der Waals surface area contributed by atoms with Gasteiger partial charge in [-0.3, -0.25) is 4.79 Å². The molecule has 132 valence electrons. The molecule has 1 aliphatic heterocycles. The van der Waals surface area contributed by atoms with Crippen molar-refractivity contribution < 1.29 is 9.90 Å². The molecule has 4 nitrogen and oxygen atoms in total. The lowest BCUT2D eigenvalue weighted by molar-refractivity contribution is -0.118. The van der Waals surface area contributed by atoms with Crippen LogP contribution in [-0.4, -0.2) is 33.6 Å². The van der Waals surface area contributed by atoms with E-state index in [9.17, 15) is 9.90 Å². The second-order valence-electron chi connectivity index (χ2n) is 7.64. The summed E-state index contributed by atoms with van der Waals surface area (Å²) in [5.41, 5.74) is 4.26. The minimum Gasteiger partial charge on any atom is -0.385 e. The average Bonchev–Trinajstić information content (AvgIpc) is 2.94. The highest BCUT2D eigenvalue weighted by Gasteiger charge is 2.34. The van der Waals surface area contributed by atoms with E-state index >= 15 is 0 Å². The number of aliphatic hydroxyl groups is 1. The first-order valence-corrected chi connectivity index (χ1v) is 9.30. The summed E-state index contributed by atoms with van der Waals surface area (Å²) in [6.07, 6.45) is 7.42. The van der Waals surface area contributed by atoms with Gasteiger partial charge in [0.1, 0.15) is 5.78 Å². The van der Waals surface area contributed by atoms with Gasteiger partial charge in [-0.1, -0.05) is 19.1 Å². The van der Waals surface area contributed by atoms with Crippen molar-refractivity contribution in [2.24, 2.45) is 0 Å². The van der Waals surface area contributed by atoms with E-state index in [2.05, 4.69) is 34.3 Å². The van der Waals surface area contributed by atoms with Crippen molar-refractivity contribution >= 4 is 22.3 Å². The van der Waals surface area contributed by atoms with Gasteiger partial charge in [0, 0.05) is 49.1 Å². The van der Waals surface area contributed by atoms with Gasteiger partial charge in [0.05, 0.1) is 5.60 Å². The number of aryl methyl sites for hydroxylation is 1. The van der Waals surface area contributed by atoms with Gasteiger partial charge in [0.2, 0.25) is 0 Å². The van der Waals surface area contributed by atoms with Gasteiger partial charge in [-0.15, -0.1) is 0 Å². The van der Waals surface area contributed by atoms with Crippen LogP contribution in [0.4, 0.5) is 0 Å². The number of Topliss-reactive ketones (excluding diaryl/α,β-unsaturated/α-hetero) is 1. The van der Waals surface area contributed by atoms with Gasteiger partial charge < -0.3 is 15.0 Å². The van der Waals surface area contributed by atoms with Crippen LogP contribution < -0.4 is 5.32 Å². The van der Waals surface area contributed by atoms with E-state index < -0.39 is 5.60 Å². The Labute approximate surface area is 148 Å². The number of nitrogens with one attached hydrogen (secondary N) is 1. The number of fused-ring (bicyclic) bond motifs is 2. The molecular formula is C21H26N2O2. The fourth-order valence-corrected chi connectivity index (χ4v) is 4.24. The van der Waals surface area contributed by atoms with Crippen LogP contribution in [0.5, 0.6) is 0 Å². The number of hydrogen-bond acceptors (Lipinski definition) is 3. The second-order valence-corrected chi connectivity index (χ2v) is 7.64. The number of rotatable bonds is 5. The Kier molecular flexibility index (Phi) is 4.05. The predicted octanol–water partition coefficient (Wildman–Crippen LogP) is 3.06. The molecule has 1 aromatic carbocycles. The molecule has 2 N–H and O–H groups in total. The molecule has 0 unspecified atom stereocenters. The molecule has 0 saturated heterocycles. The molecule has 2 aliphatic rings. The summed E-state index contributed by atoms with van der Waals surface area (Å²) in [5.74, 6) is 0.337. The molecule has 4 rings (SSSR count). The van der Waals surface area contributed by atoms with Gasteiger partial charge >= 0.3 is 0 Å². The first kappa shape index (κ1) is 16.6. The lowest BCUT2D eigenvalue weighted by Gasteiger charge is -2.36. The van der Waals surface area contributed by atoms with E-state index in [1.165, 1.54) is 27.6 Å². The maximum absolute atomic E-state index is 11.6. The smallest absolute Gasteiger partial charge is 0.132 e. The van der Waals surface area contributed by atoms with Crippen molar-refractivity contribution in [3.8, 4) is 0 Å². The van der Waals surface area contributed by atoms with Gasteiger partial charge in [-0.05, 0) is 48.6 Å². The van der Waals surface area contributed by atoms with Crippen LogP contribution in [0, 0.1) is 0 Å². The summed E-state index contributed by atoms with van der Waals surface area (Å²) in [6.45, 7) is 5.25. The number of β-amino-alcohol motifs (C(OH)–C–C–N with tert-alkyl or cyclic N) is 1. The lowest BCUT2D eigenvalue weighted by Crippen LogP contribution is -2.48. The number of hydrogen-bond donors (Lipinski definition) is 2. The number of nitrogens with zero attached hydrogens (tertiary/aromatic N) is 1. The zero-order valence-corrected chi connectivity index (χ0v) is 15.0. The van der Waals surface area contributed by atoms with Crippen LogP contribution >= 0.6 is 0 Å². The monoisotopic (exact) mass is 338 g/mol. The third-order valence-electron chi connectivity index (χ3n) is 5.52. The SMILES string of the molecule is CCC(=O)CCCn1cc2c3c(cccc31)C1=C[C@](C)(O)CN[C@@H]1C2. The second kappa shape index (κ2) is 6.11. The Hall–Kier alpha value is -1.91. The van der Waals surface area contributed by atoms with E-state index in [1.54, 1.807) is 0 Å². The summed E-state index contributed by atoms with van der Waals surface area (Å²) in [6, 6.07) is 6.70. The number of carbonyl (C=O) groups excluding carboxylic acids is 1. The first-order valence-electron chi connectivity index (χ1n) is 9.30. The molecule has 0 amide bonds. The van der Waals surface area contributed by atoms with E-state index in [4.69, 9.17) is 0 Å².